The van der Waals surface area contributed by atoms with E-state index in [1.807, 2.05) is 32.0 Å². The van der Waals surface area contributed by atoms with Crippen LogP contribution in [-0.2, 0) is 0 Å². The maximum atomic E-state index is 4.68. The molecule has 118 valence electrons. The third kappa shape index (κ3) is 3.11. The molecule has 0 radical (unpaired) electrons. The van der Waals surface area contributed by atoms with E-state index in [0.717, 1.165) is 52.6 Å². The zero-order valence-electron chi connectivity index (χ0n) is 13.9. The minimum absolute atomic E-state index is 0.784. The summed E-state index contributed by atoms with van der Waals surface area (Å²) in [5, 5.41) is 0. The molecule has 2 aromatic heterocycles. The summed E-state index contributed by atoms with van der Waals surface area (Å²) in [6, 6.07) is 12.4. The average molecular weight is 306 g/mol. The number of rotatable bonds is 5. The normalized spacial score (nSPS) is 10.9. The third-order valence-corrected chi connectivity index (χ3v) is 3.80. The number of nitrogens with one attached hydrogen (secondary N) is 1. The van der Waals surface area contributed by atoms with Gasteiger partial charge in [-0.25, -0.2) is 9.97 Å². The Bertz CT molecular complexity index is 833. The van der Waals surface area contributed by atoms with Crippen LogP contribution < -0.4 is 4.90 Å². The Labute approximate surface area is 136 Å². The summed E-state index contributed by atoms with van der Waals surface area (Å²) in [6.07, 6.45) is 0. The highest BCUT2D eigenvalue weighted by atomic mass is 15.2. The number of aryl methyl sites for hydroxylation is 1. The number of anilines is 1. The zero-order valence-corrected chi connectivity index (χ0v) is 13.9. The highest BCUT2D eigenvalue weighted by Gasteiger charge is 2.15. The molecule has 4 heteroatoms. The van der Waals surface area contributed by atoms with Crippen molar-refractivity contribution in [2.75, 3.05) is 18.0 Å². The van der Waals surface area contributed by atoms with Crippen molar-refractivity contribution in [2.24, 2.45) is 0 Å². The van der Waals surface area contributed by atoms with Crippen molar-refractivity contribution in [3.8, 4) is 11.3 Å². The van der Waals surface area contributed by atoms with Crippen molar-refractivity contribution < 1.29 is 0 Å². The fraction of sp³-hybridized carbons (Fsp3) is 0.263. The molecule has 1 N–H and O–H groups in total. The van der Waals surface area contributed by atoms with E-state index in [-0.39, 0.29) is 0 Å². The van der Waals surface area contributed by atoms with Gasteiger partial charge in [-0.1, -0.05) is 42.5 Å². The van der Waals surface area contributed by atoms with E-state index in [2.05, 4.69) is 51.6 Å². The van der Waals surface area contributed by atoms with Gasteiger partial charge < -0.3 is 9.88 Å². The molecule has 1 aromatic carbocycles. The van der Waals surface area contributed by atoms with Gasteiger partial charge in [-0.3, -0.25) is 0 Å². The van der Waals surface area contributed by atoms with E-state index >= 15 is 0 Å². The van der Waals surface area contributed by atoms with Gasteiger partial charge in [0.2, 0.25) is 0 Å². The molecule has 0 saturated heterocycles. The van der Waals surface area contributed by atoms with Crippen molar-refractivity contribution in [1.29, 1.82) is 0 Å². The van der Waals surface area contributed by atoms with Crippen LogP contribution in [0.5, 0.6) is 0 Å². The fourth-order valence-corrected chi connectivity index (χ4v) is 2.78. The van der Waals surface area contributed by atoms with Crippen LogP contribution in [0, 0.1) is 6.92 Å². The molecule has 0 unspecified atom stereocenters. The molecule has 0 amide bonds. The Morgan fingerprint density at radius 3 is 2.61 bits per heavy atom. The highest BCUT2D eigenvalue weighted by Crippen LogP contribution is 2.28. The molecule has 3 aromatic rings. The number of aromatic amines is 1. The van der Waals surface area contributed by atoms with Gasteiger partial charge in [-0.15, -0.1) is 0 Å². The van der Waals surface area contributed by atoms with Gasteiger partial charge in [0.15, 0.2) is 5.82 Å². The molecule has 0 fully saturated rings. The van der Waals surface area contributed by atoms with Gasteiger partial charge in [0, 0.05) is 18.8 Å². The van der Waals surface area contributed by atoms with Crippen LogP contribution in [0.4, 0.5) is 5.82 Å². The Kier molecular flexibility index (Phi) is 4.15. The van der Waals surface area contributed by atoms with Gasteiger partial charge in [-0.2, -0.15) is 0 Å². The molecule has 2 heterocycles. The van der Waals surface area contributed by atoms with Crippen molar-refractivity contribution in [2.45, 2.75) is 20.8 Å². The van der Waals surface area contributed by atoms with Gasteiger partial charge in [0.05, 0.1) is 5.52 Å². The van der Waals surface area contributed by atoms with Gasteiger partial charge in [-0.05, 0) is 32.4 Å². The summed E-state index contributed by atoms with van der Waals surface area (Å²) >= 11 is 0. The summed E-state index contributed by atoms with van der Waals surface area (Å²) in [4.78, 5) is 15.0. The second-order valence-electron chi connectivity index (χ2n) is 5.87. The lowest BCUT2D eigenvalue weighted by Crippen LogP contribution is -2.26. The van der Waals surface area contributed by atoms with Gasteiger partial charge in [0.25, 0.3) is 0 Å². The van der Waals surface area contributed by atoms with E-state index in [0.29, 0.717) is 0 Å². The number of fused-ring (bicyclic) bond motifs is 1. The molecule has 0 aliphatic rings. The lowest BCUT2D eigenvalue weighted by molar-refractivity contribution is 0.854. The van der Waals surface area contributed by atoms with Gasteiger partial charge >= 0.3 is 0 Å². The van der Waals surface area contributed by atoms with E-state index in [4.69, 9.17) is 0 Å². The number of likely N-dealkylation sites (N-methyl/N-ethyl adjacent to an activating group) is 1. The smallest absolute Gasteiger partial charge is 0.157 e. The first-order valence-electron chi connectivity index (χ1n) is 7.90. The predicted octanol–water partition coefficient (Wildman–Crippen LogP) is 4.34. The summed E-state index contributed by atoms with van der Waals surface area (Å²) in [5.74, 6) is 1.73. The van der Waals surface area contributed by atoms with Crippen LogP contribution in [-0.4, -0.2) is 28.0 Å². The Hall–Kier alpha value is -2.62. The molecule has 0 atom stereocenters. The predicted molar refractivity (Wildman–Crippen MR) is 96.8 cm³/mol. The van der Waals surface area contributed by atoms with Gasteiger partial charge in [0.1, 0.15) is 11.3 Å². The van der Waals surface area contributed by atoms with Crippen LogP contribution >= 0.6 is 0 Å². The minimum atomic E-state index is 0.784. The maximum absolute atomic E-state index is 4.68. The molecule has 4 nitrogen and oxygen atoms in total. The van der Waals surface area contributed by atoms with Crippen LogP contribution in [0.25, 0.3) is 22.3 Å². The number of benzene rings is 1. The first kappa shape index (κ1) is 15.3. The van der Waals surface area contributed by atoms with Crippen molar-refractivity contribution >= 4 is 16.9 Å². The van der Waals surface area contributed by atoms with Crippen molar-refractivity contribution in [3.63, 3.8) is 0 Å². The second-order valence-corrected chi connectivity index (χ2v) is 5.87. The fourth-order valence-electron chi connectivity index (χ4n) is 2.78. The van der Waals surface area contributed by atoms with Crippen LogP contribution in [0.3, 0.4) is 0 Å². The summed E-state index contributed by atoms with van der Waals surface area (Å²) in [7, 11) is 0. The quantitative estimate of drug-likeness (QED) is 0.713. The van der Waals surface area contributed by atoms with Crippen LogP contribution in [0.2, 0.25) is 0 Å². The third-order valence-electron chi connectivity index (χ3n) is 3.80. The topological polar surface area (TPSA) is 44.8 Å². The number of hydrogen-bond acceptors (Lipinski definition) is 3. The standard InChI is InChI=1S/C19H22N4/c1-5-23(12-13(2)3)19-18-17(20-14(4)21-19)11-16(22-18)15-9-7-6-8-10-15/h6-11,22H,2,5,12H2,1,3-4H3. The van der Waals surface area contributed by atoms with E-state index in [1.165, 1.54) is 0 Å². The molecule has 0 bridgehead atoms. The minimum Gasteiger partial charge on any atom is -0.351 e. The lowest BCUT2D eigenvalue weighted by Gasteiger charge is -2.22. The number of aromatic nitrogens is 3. The van der Waals surface area contributed by atoms with Crippen molar-refractivity contribution in [1.82, 2.24) is 15.0 Å². The number of nitrogens with zero attached hydrogens (tertiary/aromatic N) is 3. The van der Waals surface area contributed by atoms with Crippen LogP contribution in [0.1, 0.15) is 19.7 Å². The van der Waals surface area contributed by atoms with E-state index in [1.54, 1.807) is 0 Å². The summed E-state index contributed by atoms with van der Waals surface area (Å²) in [6.45, 7) is 11.8. The van der Waals surface area contributed by atoms with E-state index < -0.39 is 0 Å². The molecule has 0 spiro atoms. The summed E-state index contributed by atoms with van der Waals surface area (Å²) in [5.41, 5.74) is 5.26. The molecular weight excluding hydrogens is 284 g/mol. The highest BCUT2D eigenvalue weighted by molar-refractivity contribution is 5.90. The number of hydrogen-bond donors (Lipinski definition) is 1. The van der Waals surface area contributed by atoms with E-state index in [9.17, 15) is 0 Å². The molecular formula is C19H22N4. The molecule has 23 heavy (non-hydrogen) atoms. The molecule has 0 aliphatic carbocycles. The SMILES string of the molecule is C=C(C)CN(CC)c1nc(C)nc2cc(-c3ccccc3)[nH]c12. The number of H-pyrrole nitrogens is 1. The first-order valence-corrected chi connectivity index (χ1v) is 7.90. The molecule has 0 saturated carbocycles. The molecule has 0 aliphatic heterocycles. The molecule has 3 rings (SSSR count). The van der Waals surface area contributed by atoms with Crippen LogP contribution in [0.15, 0.2) is 48.6 Å². The Morgan fingerprint density at radius 1 is 1.22 bits per heavy atom. The lowest BCUT2D eigenvalue weighted by atomic mass is 10.2. The zero-order chi connectivity index (χ0) is 16.4. The monoisotopic (exact) mass is 306 g/mol. The Balaban J connectivity index is 2.14. The Morgan fingerprint density at radius 2 is 1.96 bits per heavy atom. The largest absolute Gasteiger partial charge is 0.351 e. The first-order chi connectivity index (χ1) is 11.1. The maximum Gasteiger partial charge on any atom is 0.157 e. The van der Waals surface area contributed by atoms with Crippen molar-refractivity contribution in [3.05, 3.63) is 54.4 Å². The second kappa shape index (κ2) is 6.24. The summed E-state index contributed by atoms with van der Waals surface area (Å²) < 4.78 is 0. The average Bonchev–Trinajstić information content (AvgIpc) is 2.96.